The van der Waals surface area contributed by atoms with Crippen LogP contribution in [0.15, 0.2) is 0 Å². The van der Waals surface area contributed by atoms with E-state index in [2.05, 4.69) is 16.6 Å². The lowest BCUT2D eigenvalue weighted by atomic mass is 10.1. The van der Waals surface area contributed by atoms with Crippen LogP contribution in [0.1, 0.15) is 13.3 Å². The molecule has 0 bridgehead atoms. The molecule has 1 rings (SSSR count). The van der Waals surface area contributed by atoms with E-state index < -0.39 is 9.84 Å². The monoisotopic (exact) mass is 258 g/mol. The van der Waals surface area contributed by atoms with Crippen molar-refractivity contribution < 1.29 is 13.2 Å². The summed E-state index contributed by atoms with van der Waals surface area (Å²) in [6.07, 6.45) is 5.70. The van der Waals surface area contributed by atoms with E-state index in [4.69, 9.17) is 6.42 Å². The van der Waals surface area contributed by atoms with E-state index in [0.29, 0.717) is 13.0 Å². The molecule has 2 N–H and O–H groups in total. The second-order valence-corrected chi connectivity index (χ2v) is 6.55. The molecule has 1 saturated heterocycles. The first-order chi connectivity index (χ1) is 7.94. The van der Waals surface area contributed by atoms with Gasteiger partial charge in [-0.2, -0.15) is 0 Å². The van der Waals surface area contributed by atoms with Crippen LogP contribution in [0.5, 0.6) is 0 Å². The van der Waals surface area contributed by atoms with E-state index >= 15 is 0 Å². The van der Waals surface area contributed by atoms with Gasteiger partial charge in [-0.25, -0.2) is 8.42 Å². The zero-order valence-electron chi connectivity index (χ0n) is 9.90. The van der Waals surface area contributed by atoms with Crippen molar-refractivity contribution in [1.82, 2.24) is 10.6 Å². The number of hydrogen-bond acceptors (Lipinski definition) is 4. The first-order valence-corrected chi connectivity index (χ1v) is 7.41. The highest BCUT2D eigenvalue weighted by Gasteiger charge is 2.28. The van der Waals surface area contributed by atoms with Gasteiger partial charge in [-0.1, -0.05) is 5.92 Å². The molecule has 0 aromatic rings. The number of sulfone groups is 1. The van der Waals surface area contributed by atoms with Gasteiger partial charge in [0, 0.05) is 0 Å². The first-order valence-electron chi connectivity index (χ1n) is 5.59. The van der Waals surface area contributed by atoms with Crippen molar-refractivity contribution in [3.63, 3.8) is 0 Å². The molecule has 0 radical (unpaired) electrons. The first kappa shape index (κ1) is 14.0. The van der Waals surface area contributed by atoms with Crippen LogP contribution in [0.2, 0.25) is 0 Å². The van der Waals surface area contributed by atoms with Crippen molar-refractivity contribution in [2.75, 3.05) is 24.6 Å². The fraction of sp³-hybridized carbons (Fsp3) is 0.727. The third-order valence-electron chi connectivity index (χ3n) is 2.80. The largest absolute Gasteiger partial charge is 0.344 e. The summed E-state index contributed by atoms with van der Waals surface area (Å²) >= 11 is 0. The van der Waals surface area contributed by atoms with Gasteiger partial charge in [0.1, 0.15) is 0 Å². The van der Waals surface area contributed by atoms with Crippen LogP contribution >= 0.6 is 0 Å². The minimum absolute atomic E-state index is 0.114. The SMILES string of the molecule is C#CCNC(=O)C(C)NCC1CCS(=O)(=O)C1. The maximum atomic E-state index is 11.4. The molecule has 6 heteroatoms. The molecule has 1 fully saturated rings. The molecule has 17 heavy (non-hydrogen) atoms. The molecule has 0 saturated carbocycles. The maximum Gasteiger partial charge on any atom is 0.237 e. The minimum atomic E-state index is -2.84. The Morgan fingerprint density at radius 3 is 2.82 bits per heavy atom. The Morgan fingerprint density at radius 1 is 1.59 bits per heavy atom. The van der Waals surface area contributed by atoms with Crippen LogP contribution in [0.25, 0.3) is 0 Å². The summed E-state index contributed by atoms with van der Waals surface area (Å²) in [6.45, 7) is 2.49. The number of nitrogens with one attached hydrogen (secondary N) is 2. The van der Waals surface area contributed by atoms with Crippen molar-refractivity contribution in [2.24, 2.45) is 5.92 Å². The summed E-state index contributed by atoms with van der Waals surface area (Å²) < 4.78 is 22.5. The van der Waals surface area contributed by atoms with E-state index in [1.165, 1.54) is 0 Å². The third kappa shape index (κ3) is 4.75. The molecule has 0 aliphatic carbocycles. The molecule has 1 amide bonds. The number of hydrogen-bond donors (Lipinski definition) is 2. The van der Waals surface area contributed by atoms with Crippen LogP contribution in [0, 0.1) is 18.3 Å². The predicted octanol–water partition coefficient (Wildman–Crippen LogP) is -0.851. The standard InChI is InChI=1S/C11H18N2O3S/c1-3-5-12-11(14)9(2)13-7-10-4-6-17(15,16)8-10/h1,9-10,13H,4-8H2,2H3,(H,12,14). The lowest BCUT2D eigenvalue weighted by Crippen LogP contribution is -2.44. The number of rotatable bonds is 5. The zero-order valence-corrected chi connectivity index (χ0v) is 10.7. The van der Waals surface area contributed by atoms with E-state index in [1.807, 2.05) is 0 Å². The predicted molar refractivity (Wildman–Crippen MR) is 66.1 cm³/mol. The van der Waals surface area contributed by atoms with Gasteiger partial charge in [0.2, 0.25) is 5.91 Å². The molecular formula is C11H18N2O3S. The van der Waals surface area contributed by atoms with Crippen LogP contribution in [0.3, 0.4) is 0 Å². The second-order valence-electron chi connectivity index (χ2n) is 4.32. The Balaban J connectivity index is 2.27. The molecule has 2 atom stereocenters. The smallest absolute Gasteiger partial charge is 0.237 e. The average Bonchev–Trinajstić information content (AvgIpc) is 2.62. The van der Waals surface area contributed by atoms with Gasteiger partial charge in [-0.15, -0.1) is 6.42 Å². The van der Waals surface area contributed by atoms with Crippen molar-refractivity contribution in [3.8, 4) is 12.3 Å². The van der Waals surface area contributed by atoms with Crippen molar-refractivity contribution >= 4 is 15.7 Å². The van der Waals surface area contributed by atoms with Gasteiger partial charge in [-0.3, -0.25) is 4.79 Å². The molecule has 0 aromatic carbocycles. The van der Waals surface area contributed by atoms with Crippen LogP contribution in [0.4, 0.5) is 0 Å². The Bertz CT molecular complexity index is 411. The van der Waals surface area contributed by atoms with Crippen LogP contribution in [-0.2, 0) is 14.6 Å². The normalized spacial score (nSPS) is 23.9. The number of amides is 1. The third-order valence-corrected chi connectivity index (χ3v) is 4.63. The topological polar surface area (TPSA) is 75.3 Å². The van der Waals surface area contributed by atoms with Crippen LogP contribution < -0.4 is 10.6 Å². The number of carbonyl (C=O) groups excluding carboxylic acids is 1. The van der Waals surface area contributed by atoms with Gasteiger partial charge in [-0.05, 0) is 25.8 Å². The molecule has 1 heterocycles. The zero-order chi connectivity index (χ0) is 12.9. The highest BCUT2D eigenvalue weighted by atomic mass is 32.2. The van der Waals surface area contributed by atoms with E-state index in [0.717, 1.165) is 0 Å². The van der Waals surface area contributed by atoms with Crippen molar-refractivity contribution in [1.29, 1.82) is 0 Å². The molecule has 1 aliphatic rings. The lowest BCUT2D eigenvalue weighted by molar-refractivity contribution is -0.122. The Kier molecular flexibility index (Phi) is 4.97. The highest BCUT2D eigenvalue weighted by molar-refractivity contribution is 7.91. The van der Waals surface area contributed by atoms with E-state index in [-0.39, 0.29) is 35.9 Å². The Morgan fingerprint density at radius 2 is 2.29 bits per heavy atom. The van der Waals surface area contributed by atoms with E-state index in [1.54, 1.807) is 6.92 Å². The summed E-state index contributed by atoms with van der Waals surface area (Å²) in [5.41, 5.74) is 0. The molecule has 0 aromatic heterocycles. The van der Waals surface area contributed by atoms with Gasteiger partial charge in [0.05, 0.1) is 24.1 Å². The number of terminal acetylenes is 1. The molecular weight excluding hydrogens is 240 g/mol. The molecule has 96 valence electrons. The summed E-state index contributed by atoms with van der Waals surface area (Å²) in [4.78, 5) is 11.4. The van der Waals surface area contributed by atoms with Gasteiger partial charge >= 0.3 is 0 Å². The van der Waals surface area contributed by atoms with Crippen molar-refractivity contribution in [2.45, 2.75) is 19.4 Å². The average molecular weight is 258 g/mol. The Labute approximate surface area is 102 Å². The summed E-state index contributed by atoms with van der Waals surface area (Å²) in [7, 11) is -2.84. The number of carbonyl (C=O) groups is 1. The maximum absolute atomic E-state index is 11.4. The lowest BCUT2D eigenvalue weighted by Gasteiger charge is -2.15. The van der Waals surface area contributed by atoms with Gasteiger partial charge in [0.25, 0.3) is 0 Å². The van der Waals surface area contributed by atoms with Gasteiger partial charge in [0.15, 0.2) is 9.84 Å². The Hall–Kier alpha value is -1.06. The van der Waals surface area contributed by atoms with Crippen LogP contribution in [-0.4, -0.2) is 45.0 Å². The molecule has 0 spiro atoms. The molecule has 2 unspecified atom stereocenters. The van der Waals surface area contributed by atoms with Crippen molar-refractivity contribution in [3.05, 3.63) is 0 Å². The van der Waals surface area contributed by atoms with Gasteiger partial charge < -0.3 is 10.6 Å². The quantitative estimate of drug-likeness (QED) is 0.630. The fourth-order valence-corrected chi connectivity index (χ4v) is 3.62. The second kappa shape index (κ2) is 6.03. The van der Waals surface area contributed by atoms with E-state index in [9.17, 15) is 13.2 Å². The summed E-state index contributed by atoms with van der Waals surface area (Å²) in [5.74, 6) is 2.75. The minimum Gasteiger partial charge on any atom is -0.344 e. The fourth-order valence-electron chi connectivity index (χ4n) is 1.76. The highest BCUT2D eigenvalue weighted by Crippen LogP contribution is 2.17. The summed E-state index contributed by atoms with van der Waals surface area (Å²) in [6, 6.07) is -0.355. The molecule has 1 aliphatic heterocycles. The molecule has 5 nitrogen and oxygen atoms in total. The summed E-state index contributed by atoms with van der Waals surface area (Å²) in [5, 5.41) is 5.59.